The molecule has 2 fully saturated rings. The topological polar surface area (TPSA) is 67.4 Å². The van der Waals surface area contributed by atoms with Crippen LogP contribution in [0.4, 0.5) is 0 Å². The van der Waals surface area contributed by atoms with Gasteiger partial charge in [-0.3, -0.25) is 0 Å². The summed E-state index contributed by atoms with van der Waals surface area (Å²) in [6.45, 7) is 1.68. The minimum atomic E-state index is -3.48. The van der Waals surface area contributed by atoms with Crippen LogP contribution in [0.2, 0.25) is 0 Å². The number of ether oxygens (including phenoxy) is 1. The number of rotatable bonds is 7. The first-order valence-corrected chi connectivity index (χ1v) is 9.06. The third kappa shape index (κ3) is 4.03. The largest absolute Gasteiger partial charge is 0.377 e. The van der Waals surface area contributed by atoms with Crippen LogP contribution < -0.4 is 10.0 Å². The lowest BCUT2D eigenvalue weighted by Gasteiger charge is -2.14. The summed E-state index contributed by atoms with van der Waals surface area (Å²) in [5.41, 5.74) is 0.823. The summed E-state index contributed by atoms with van der Waals surface area (Å²) in [6.07, 6.45) is 4.32. The van der Waals surface area contributed by atoms with Crippen molar-refractivity contribution in [3.8, 4) is 0 Å². The van der Waals surface area contributed by atoms with Gasteiger partial charge >= 0.3 is 0 Å². The molecule has 1 aliphatic heterocycles. The molecule has 1 unspecified atom stereocenters. The fourth-order valence-corrected chi connectivity index (χ4v) is 3.84. The van der Waals surface area contributed by atoms with Crippen LogP contribution in [-0.2, 0) is 21.3 Å². The Bertz CT molecular complexity index is 578. The highest BCUT2D eigenvalue weighted by molar-refractivity contribution is 7.89. The number of hydrogen-bond acceptors (Lipinski definition) is 4. The summed E-state index contributed by atoms with van der Waals surface area (Å²) in [5.74, 6) is 0. The molecule has 6 heteroatoms. The Morgan fingerprint density at radius 3 is 2.71 bits per heavy atom. The molecule has 116 valence electrons. The summed E-state index contributed by atoms with van der Waals surface area (Å²) in [7, 11) is -3.48. The predicted octanol–water partition coefficient (Wildman–Crippen LogP) is 1.40. The van der Waals surface area contributed by atoms with Crippen molar-refractivity contribution in [3.05, 3.63) is 29.8 Å². The minimum absolute atomic E-state index is 0.0107. The average molecular weight is 310 g/mol. The second kappa shape index (κ2) is 6.44. The highest BCUT2D eigenvalue weighted by Gasteiger charge is 2.24. The molecule has 1 aliphatic carbocycles. The van der Waals surface area contributed by atoms with E-state index in [0.717, 1.165) is 25.0 Å². The molecule has 3 rings (SSSR count). The van der Waals surface area contributed by atoms with Crippen molar-refractivity contribution in [2.24, 2.45) is 0 Å². The van der Waals surface area contributed by atoms with Crippen molar-refractivity contribution in [1.29, 1.82) is 0 Å². The second-order valence-electron chi connectivity index (χ2n) is 5.75. The summed E-state index contributed by atoms with van der Waals surface area (Å²) >= 11 is 0. The zero-order valence-electron chi connectivity index (χ0n) is 12.0. The van der Waals surface area contributed by atoms with E-state index >= 15 is 0 Å². The van der Waals surface area contributed by atoms with Crippen LogP contribution in [0.1, 0.15) is 31.2 Å². The van der Waals surface area contributed by atoms with Gasteiger partial charge < -0.3 is 10.1 Å². The molecule has 21 heavy (non-hydrogen) atoms. The minimum Gasteiger partial charge on any atom is -0.377 e. The van der Waals surface area contributed by atoms with E-state index in [1.165, 1.54) is 12.8 Å². The SMILES string of the molecule is O=S(=O)(NCC1CCCO1)c1ccccc1CNC1CC1. The average Bonchev–Trinajstić information content (AvgIpc) is 3.17. The van der Waals surface area contributed by atoms with Crippen LogP contribution in [0, 0.1) is 0 Å². The Hall–Kier alpha value is -0.950. The molecular formula is C15H22N2O3S. The van der Waals surface area contributed by atoms with Crippen molar-refractivity contribution < 1.29 is 13.2 Å². The Labute approximate surface area is 126 Å². The molecule has 0 spiro atoms. The van der Waals surface area contributed by atoms with Gasteiger partial charge in [0, 0.05) is 25.7 Å². The molecule has 1 aromatic rings. The number of nitrogens with one attached hydrogen (secondary N) is 2. The third-order valence-corrected chi connectivity index (χ3v) is 5.47. The van der Waals surface area contributed by atoms with Gasteiger partial charge in [0.05, 0.1) is 11.0 Å². The zero-order chi connectivity index (χ0) is 14.7. The molecular weight excluding hydrogens is 288 g/mol. The van der Waals surface area contributed by atoms with E-state index in [2.05, 4.69) is 10.0 Å². The molecule has 2 N–H and O–H groups in total. The number of hydrogen-bond donors (Lipinski definition) is 2. The molecule has 2 aliphatic rings. The first-order valence-electron chi connectivity index (χ1n) is 7.58. The van der Waals surface area contributed by atoms with Crippen LogP contribution in [0.3, 0.4) is 0 Å². The van der Waals surface area contributed by atoms with Crippen molar-refractivity contribution in [3.63, 3.8) is 0 Å². The first kappa shape index (κ1) is 15.0. The maximum Gasteiger partial charge on any atom is 0.240 e. The van der Waals surface area contributed by atoms with E-state index in [0.29, 0.717) is 24.0 Å². The van der Waals surface area contributed by atoms with Crippen molar-refractivity contribution in [2.45, 2.75) is 49.3 Å². The lowest BCUT2D eigenvalue weighted by atomic mass is 10.2. The van der Waals surface area contributed by atoms with Gasteiger partial charge in [-0.05, 0) is 37.3 Å². The first-order chi connectivity index (χ1) is 10.1. The fourth-order valence-electron chi connectivity index (χ4n) is 2.54. The lowest BCUT2D eigenvalue weighted by Crippen LogP contribution is -2.32. The summed E-state index contributed by atoms with van der Waals surface area (Å²) in [6, 6.07) is 7.74. The molecule has 0 radical (unpaired) electrons. The van der Waals surface area contributed by atoms with Gasteiger partial charge in [0.1, 0.15) is 0 Å². The van der Waals surface area contributed by atoms with Gasteiger partial charge in [-0.25, -0.2) is 13.1 Å². The number of benzene rings is 1. The van der Waals surface area contributed by atoms with E-state index in [1.54, 1.807) is 12.1 Å². The van der Waals surface area contributed by atoms with Gasteiger partial charge in [-0.15, -0.1) is 0 Å². The Morgan fingerprint density at radius 2 is 2.00 bits per heavy atom. The molecule has 0 bridgehead atoms. The van der Waals surface area contributed by atoms with Crippen LogP contribution in [0.15, 0.2) is 29.2 Å². The smallest absolute Gasteiger partial charge is 0.240 e. The molecule has 1 saturated carbocycles. The van der Waals surface area contributed by atoms with Gasteiger partial charge in [0.15, 0.2) is 0 Å². The Morgan fingerprint density at radius 1 is 1.19 bits per heavy atom. The van der Waals surface area contributed by atoms with E-state index in [-0.39, 0.29) is 6.10 Å². The van der Waals surface area contributed by atoms with Gasteiger partial charge in [-0.1, -0.05) is 18.2 Å². The van der Waals surface area contributed by atoms with Crippen LogP contribution in [0.25, 0.3) is 0 Å². The molecule has 1 saturated heterocycles. The van der Waals surface area contributed by atoms with Crippen LogP contribution in [-0.4, -0.2) is 33.7 Å². The van der Waals surface area contributed by atoms with Crippen molar-refractivity contribution >= 4 is 10.0 Å². The molecule has 5 nitrogen and oxygen atoms in total. The number of sulfonamides is 1. The standard InChI is InChI=1S/C15H22N2O3S/c18-21(19,17-11-14-5-3-9-20-14)15-6-2-1-4-12(15)10-16-13-7-8-13/h1-2,4,6,13-14,16-17H,3,5,7-11H2. The highest BCUT2D eigenvalue weighted by Crippen LogP contribution is 2.21. The van der Waals surface area contributed by atoms with Gasteiger partial charge in [-0.2, -0.15) is 0 Å². The normalized spacial score (nSPS) is 22.6. The fraction of sp³-hybridized carbons (Fsp3) is 0.600. The lowest BCUT2D eigenvalue weighted by molar-refractivity contribution is 0.114. The van der Waals surface area contributed by atoms with E-state index in [1.807, 2.05) is 12.1 Å². The van der Waals surface area contributed by atoms with Gasteiger partial charge in [0.2, 0.25) is 10.0 Å². The van der Waals surface area contributed by atoms with E-state index < -0.39 is 10.0 Å². The summed E-state index contributed by atoms with van der Waals surface area (Å²) < 4.78 is 33.1. The van der Waals surface area contributed by atoms with Crippen LogP contribution in [0.5, 0.6) is 0 Å². The molecule has 1 atom stereocenters. The third-order valence-electron chi connectivity index (χ3n) is 3.95. The Kier molecular flexibility index (Phi) is 4.59. The summed E-state index contributed by atoms with van der Waals surface area (Å²) in [4.78, 5) is 0.371. The second-order valence-corrected chi connectivity index (χ2v) is 7.49. The molecule has 0 amide bonds. The predicted molar refractivity (Wildman–Crippen MR) is 80.5 cm³/mol. The zero-order valence-corrected chi connectivity index (χ0v) is 12.9. The molecule has 0 aromatic heterocycles. The molecule has 1 aromatic carbocycles. The van der Waals surface area contributed by atoms with Crippen molar-refractivity contribution in [2.75, 3.05) is 13.2 Å². The molecule has 1 heterocycles. The monoisotopic (exact) mass is 310 g/mol. The maximum absolute atomic E-state index is 12.5. The van der Waals surface area contributed by atoms with Gasteiger partial charge in [0.25, 0.3) is 0 Å². The summed E-state index contributed by atoms with van der Waals surface area (Å²) in [5, 5.41) is 3.37. The quantitative estimate of drug-likeness (QED) is 0.799. The maximum atomic E-state index is 12.5. The highest BCUT2D eigenvalue weighted by atomic mass is 32.2. The van der Waals surface area contributed by atoms with Crippen molar-refractivity contribution in [1.82, 2.24) is 10.0 Å². The van der Waals surface area contributed by atoms with E-state index in [4.69, 9.17) is 4.74 Å². The van der Waals surface area contributed by atoms with Crippen LogP contribution >= 0.6 is 0 Å². The Balaban J connectivity index is 1.67. The van der Waals surface area contributed by atoms with E-state index in [9.17, 15) is 8.42 Å².